The fourth-order valence-electron chi connectivity index (χ4n) is 2.00. The van der Waals surface area contributed by atoms with Gasteiger partial charge in [0.15, 0.2) is 9.84 Å². The summed E-state index contributed by atoms with van der Waals surface area (Å²) in [7, 11) is -3.54. The summed E-state index contributed by atoms with van der Waals surface area (Å²) in [6.07, 6.45) is -3.36. The number of hydrogen-bond donors (Lipinski definition) is 1. The van der Waals surface area contributed by atoms with Crippen molar-refractivity contribution in [1.29, 1.82) is 0 Å². The molecule has 0 saturated heterocycles. The monoisotopic (exact) mass is 327 g/mol. The summed E-state index contributed by atoms with van der Waals surface area (Å²) < 4.78 is 61.7. The molecule has 0 spiro atoms. The fourth-order valence-corrected chi connectivity index (χ4v) is 3.25. The first-order valence-corrected chi connectivity index (χ1v) is 8.13. The van der Waals surface area contributed by atoms with Crippen LogP contribution in [0.15, 0.2) is 23.1 Å². The van der Waals surface area contributed by atoms with Gasteiger partial charge in [-0.05, 0) is 25.0 Å². The molecule has 1 saturated carbocycles. The molecule has 0 aliphatic heterocycles. The zero-order chi connectivity index (χ0) is 15.2. The highest BCUT2D eigenvalue weighted by molar-refractivity contribution is 7.90. The molecule has 0 heterocycles. The van der Waals surface area contributed by atoms with E-state index in [0.717, 1.165) is 6.26 Å². The van der Waals surface area contributed by atoms with Gasteiger partial charge < -0.3 is 0 Å². The third kappa shape index (κ3) is 2.94. The minimum atomic E-state index is -4.35. The Labute approximate surface area is 120 Å². The third-order valence-corrected chi connectivity index (χ3v) is 4.91. The third-order valence-electron chi connectivity index (χ3n) is 3.37. The Morgan fingerprint density at radius 3 is 2.40 bits per heavy atom. The second-order valence-electron chi connectivity index (χ2n) is 4.92. The van der Waals surface area contributed by atoms with Crippen molar-refractivity contribution in [1.82, 2.24) is 5.32 Å². The van der Waals surface area contributed by atoms with Crippen molar-refractivity contribution in [2.24, 2.45) is 0 Å². The van der Waals surface area contributed by atoms with Crippen molar-refractivity contribution in [3.63, 3.8) is 0 Å². The molecule has 2 rings (SSSR count). The fraction of sp³-hybridized carbons (Fsp3) is 0.500. The first-order chi connectivity index (χ1) is 9.07. The second kappa shape index (κ2) is 4.89. The van der Waals surface area contributed by atoms with E-state index in [9.17, 15) is 21.6 Å². The molecule has 3 nitrogen and oxygen atoms in total. The van der Waals surface area contributed by atoms with Gasteiger partial charge >= 0.3 is 6.18 Å². The van der Waals surface area contributed by atoms with E-state index in [4.69, 9.17) is 11.6 Å². The summed E-state index contributed by atoms with van der Waals surface area (Å²) in [6.45, 7) is -0.235. The van der Waals surface area contributed by atoms with Gasteiger partial charge in [-0.1, -0.05) is 17.7 Å². The standard InChI is InChI=1S/C12H13ClF3NO2S/c1-20(18,19)10-4-2-3-9(13)8(10)7-17-11(5-6-11)12(14,15)16/h2-4,17H,5-7H2,1H3. The molecule has 1 aliphatic rings. The van der Waals surface area contributed by atoms with Crippen molar-refractivity contribution in [3.8, 4) is 0 Å². The Hall–Kier alpha value is -0.790. The Morgan fingerprint density at radius 2 is 1.95 bits per heavy atom. The molecular formula is C12H13ClF3NO2S. The van der Waals surface area contributed by atoms with Crippen LogP contribution in [-0.4, -0.2) is 26.4 Å². The maximum Gasteiger partial charge on any atom is 0.406 e. The van der Waals surface area contributed by atoms with Gasteiger partial charge in [-0.15, -0.1) is 0 Å². The van der Waals surface area contributed by atoms with Crippen molar-refractivity contribution in [2.45, 2.75) is 36.0 Å². The summed E-state index contributed by atoms with van der Waals surface area (Å²) >= 11 is 5.91. The smallest absolute Gasteiger partial charge is 0.299 e. The molecule has 1 N–H and O–H groups in total. The van der Waals surface area contributed by atoms with Gasteiger partial charge in [-0.25, -0.2) is 8.42 Å². The molecule has 0 unspecified atom stereocenters. The molecule has 20 heavy (non-hydrogen) atoms. The minimum Gasteiger partial charge on any atom is -0.299 e. The number of halogens is 4. The van der Waals surface area contributed by atoms with Gasteiger partial charge in [0.25, 0.3) is 0 Å². The van der Waals surface area contributed by atoms with Crippen LogP contribution in [0.4, 0.5) is 13.2 Å². The van der Waals surface area contributed by atoms with Gasteiger partial charge in [0.05, 0.1) is 4.90 Å². The molecule has 0 atom stereocenters. The molecule has 1 fully saturated rings. The van der Waals surface area contributed by atoms with Crippen molar-refractivity contribution in [3.05, 3.63) is 28.8 Å². The van der Waals surface area contributed by atoms with Crippen LogP contribution in [0.5, 0.6) is 0 Å². The largest absolute Gasteiger partial charge is 0.406 e. The second-order valence-corrected chi connectivity index (χ2v) is 7.31. The number of benzene rings is 1. The van der Waals surface area contributed by atoms with Crippen LogP contribution in [0, 0.1) is 0 Å². The van der Waals surface area contributed by atoms with E-state index < -0.39 is 21.6 Å². The zero-order valence-corrected chi connectivity index (χ0v) is 12.2. The Kier molecular flexibility index (Phi) is 3.81. The molecule has 0 radical (unpaired) electrons. The lowest BCUT2D eigenvalue weighted by Gasteiger charge is -2.21. The predicted molar refractivity (Wildman–Crippen MR) is 69.4 cm³/mol. The number of rotatable bonds is 4. The van der Waals surface area contributed by atoms with Gasteiger partial charge in [0.2, 0.25) is 0 Å². The van der Waals surface area contributed by atoms with E-state index in [0.29, 0.717) is 0 Å². The SMILES string of the molecule is CS(=O)(=O)c1cccc(Cl)c1CNC1(C(F)(F)F)CC1. The van der Waals surface area contributed by atoms with Crippen molar-refractivity contribution < 1.29 is 21.6 Å². The lowest BCUT2D eigenvalue weighted by Crippen LogP contribution is -2.44. The van der Waals surface area contributed by atoms with E-state index >= 15 is 0 Å². The van der Waals surface area contributed by atoms with Crippen LogP contribution < -0.4 is 5.32 Å². The molecule has 8 heteroatoms. The normalized spacial score (nSPS) is 18.1. The van der Waals surface area contributed by atoms with E-state index in [1.807, 2.05) is 0 Å². The number of alkyl halides is 3. The van der Waals surface area contributed by atoms with Crippen LogP contribution in [0.2, 0.25) is 5.02 Å². The maximum absolute atomic E-state index is 12.8. The number of hydrogen-bond acceptors (Lipinski definition) is 3. The Morgan fingerprint density at radius 1 is 1.35 bits per heavy atom. The van der Waals surface area contributed by atoms with E-state index in [1.54, 1.807) is 0 Å². The summed E-state index contributed by atoms with van der Waals surface area (Å²) in [5.74, 6) is 0. The molecule has 1 aromatic rings. The lowest BCUT2D eigenvalue weighted by atomic mass is 10.2. The minimum absolute atomic E-state index is 0.00480. The Balaban J connectivity index is 2.27. The quantitative estimate of drug-likeness (QED) is 0.925. The van der Waals surface area contributed by atoms with Crippen LogP contribution >= 0.6 is 11.6 Å². The van der Waals surface area contributed by atoms with Crippen LogP contribution in [0.1, 0.15) is 18.4 Å². The van der Waals surface area contributed by atoms with Crippen molar-refractivity contribution in [2.75, 3.05) is 6.26 Å². The lowest BCUT2D eigenvalue weighted by molar-refractivity contribution is -0.166. The zero-order valence-electron chi connectivity index (χ0n) is 10.6. The molecule has 0 amide bonds. The van der Waals surface area contributed by atoms with Crippen LogP contribution in [-0.2, 0) is 16.4 Å². The number of nitrogens with one attached hydrogen (secondary N) is 1. The molecule has 1 aromatic carbocycles. The molecule has 0 aromatic heterocycles. The highest BCUT2D eigenvalue weighted by Gasteiger charge is 2.63. The van der Waals surface area contributed by atoms with Crippen molar-refractivity contribution >= 4 is 21.4 Å². The topological polar surface area (TPSA) is 46.2 Å². The summed E-state index contributed by atoms with van der Waals surface area (Å²) in [6, 6.07) is 4.25. The van der Waals surface area contributed by atoms with E-state index in [2.05, 4.69) is 5.32 Å². The first-order valence-electron chi connectivity index (χ1n) is 5.86. The summed E-state index contributed by atoms with van der Waals surface area (Å²) in [5, 5.41) is 2.54. The van der Waals surface area contributed by atoms with Gasteiger partial charge in [0, 0.05) is 23.4 Å². The Bertz CT molecular complexity index is 624. The van der Waals surface area contributed by atoms with Crippen LogP contribution in [0.3, 0.4) is 0 Å². The highest BCUT2D eigenvalue weighted by Crippen LogP contribution is 2.49. The first kappa shape index (κ1) is 15.6. The van der Waals surface area contributed by atoms with Gasteiger partial charge in [-0.2, -0.15) is 13.2 Å². The molecule has 0 bridgehead atoms. The summed E-state index contributed by atoms with van der Waals surface area (Å²) in [5.41, 5.74) is -1.73. The molecule has 112 valence electrons. The average molecular weight is 328 g/mol. The molecular weight excluding hydrogens is 315 g/mol. The number of sulfone groups is 1. The van der Waals surface area contributed by atoms with Gasteiger partial charge in [-0.3, -0.25) is 5.32 Å². The van der Waals surface area contributed by atoms with Crippen LogP contribution in [0.25, 0.3) is 0 Å². The molecule has 1 aliphatic carbocycles. The van der Waals surface area contributed by atoms with E-state index in [-0.39, 0.29) is 34.9 Å². The maximum atomic E-state index is 12.8. The average Bonchev–Trinajstić information content (AvgIpc) is 3.06. The summed E-state index contributed by atoms with van der Waals surface area (Å²) in [4.78, 5) is -0.0459. The highest BCUT2D eigenvalue weighted by atomic mass is 35.5. The van der Waals surface area contributed by atoms with Gasteiger partial charge in [0.1, 0.15) is 5.54 Å². The predicted octanol–water partition coefficient (Wildman–Crippen LogP) is 2.93. The van der Waals surface area contributed by atoms with E-state index in [1.165, 1.54) is 18.2 Å².